The zero-order valence-electron chi connectivity index (χ0n) is 5.17. The Kier molecular flexibility index (Phi) is 1.37. The van der Waals surface area contributed by atoms with Crippen molar-refractivity contribution in [1.82, 2.24) is 4.98 Å². The van der Waals surface area contributed by atoms with Gasteiger partial charge in [-0.15, -0.1) is 11.3 Å². The van der Waals surface area contributed by atoms with Crippen LogP contribution in [0.25, 0.3) is 0 Å². The van der Waals surface area contributed by atoms with Gasteiger partial charge in [-0.3, -0.25) is 0 Å². The predicted molar refractivity (Wildman–Crippen MR) is 42.9 cm³/mol. The van der Waals surface area contributed by atoms with Crippen molar-refractivity contribution in [3.63, 3.8) is 0 Å². The van der Waals surface area contributed by atoms with Gasteiger partial charge in [0, 0.05) is 0 Å². The first kappa shape index (κ1) is 6.76. The second-order valence-electron chi connectivity index (χ2n) is 2.50. The first-order valence-corrected chi connectivity index (χ1v) is 4.66. The van der Waals surface area contributed by atoms with Gasteiger partial charge in [0.05, 0.1) is 9.98 Å². The Morgan fingerprint density at radius 2 is 2.40 bits per heavy atom. The molecule has 0 saturated heterocycles. The van der Waals surface area contributed by atoms with Gasteiger partial charge < -0.3 is 5.11 Å². The van der Waals surface area contributed by atoms with Crippen LogP contribution in [0.3, 0.4) is 0 Å². The van der Waals surface area contributed by atoms with Crippen molar-refractivity contribution in [3.05, 3.63) is 15.0 Å². The summed E-state index contributed by atoms with van der Waals surface area (Å²) in [5, 5.41) is 10.4. The van der Waals surface area contributed by atoms with Gasteiger partial charge in [-0.05, 0) is 28.8 Å². The lowest BCUT2D eigenvalue weighted by atomic mass is 10.4. The van der Waals surface area contributed by atoms with Crippen LogP contribution in [0.1, 0.15) is 17.8 Å². The molecule has 2 nitrogen and oxygen atoms in total. The molecule has 2 rings (SSSR count). The zero-order chi connectivity index (χ0) is 7.19. The fourth-order valence-corrected chi connectivity index (χ4v) is 2.15. The standard InChI is InChI=1S/C6H6BrNOS/c7-4-3-8-5(10-4)6(9)1-2-6/h3,9H,1-2H2. The smallest absolute Gasteiger partial charge is 0.125 e. The highest BCUT2D eigenvalue weighted by Gasteiger charge is 2.44. The Bertz CT molecular complexity index is 256. The van der Waals surface area contributed by atoms with Crippen LogP contribution in [0.4, 0.5) is 0 Å². The van der Waals surface area contributed by atoms with Crippen molar-refractivity contribution in [1.29, 1.82) is 0 Å². The molecule has 1 heterocycles. The fourth-order valence-electron chi connectivity index (χ4n) is 0.802. The summed E-state index contributed by atoms with van der Waals surface area (Å²) in [5.74, 6) is 0. The number of rotatable bonds is 1. The van der Waals surface area contributed by atoms with Crippen LogP contribution in [0.15, 0.2) is 9.98 Å². The summed E-state index contributed by atoms with van der Waals surface area (Å²) in [4.78, 5) is 4.07. The first-order valence-electron chi connectivity index (χ1n) is 3.05. The molecule has 0 unspecified atom stereocenters. The maximum Gasteiger partial charge on any atom is 0.125 e. The molecule has 10 heavy (non-hydrogen) atoms. The molecule has 1 fully saturated rings. The minimum atomic E-state index is -0.559. The van der Waals surface area contributed by atoms with Crippen LogP contribution in [0.5, 0.6) is 0 Å². The average Bonchev–Trinajstić information content (AvgIpc) is 2.45. The Balaban J connectivity index is 2.34. The maximum absolute atomic E-state index is 9.54. The van der Waals surface area contributed by atoms with E-state index in [1.165, 1.54) is 11.3 Å². The van der Waals surface area contributed by atoms with Gasteiger partial charge in [0.25, 0.3) is 0 Å². The predicted octanol–water partition coefficient (Wildman–Crippen LogP) is 1.89. The van der Waals surface area contributed by atoms with E-state index in [2.05, 4.69) is 20.9 Å². The number of aromatic nitrogens is 1. The quantitative estimate of drug-likeness (QED) is 0.783. The van der Waals surface area contributed by atoms with Gasteiger partial charge >= 0.3 is 0 Å². The van der Waals surface area contributed by atoms with Gasteiger partial charge in [-0.1, -0.05) is 0 Å². The van der Waals surface area contributed by atoms with Gasteiger partial charge in [0.1, 0.15) is 10.6 Å². The summed E-state index contributed by atoms with van der Waals surface area (Å²) in [6, 6.07) is 0. The average molecular weight is 220 g/mol. The monoisotopic (exact) mass is 219 g/mol. The van der Waals surface area contributed by atoms with Gasteiger partial charge in [-0.2, -0.15) is 0 Å². The Labute approximate surface area is 71.0 Å². The normalized spacial score (nSPS) is 21.0. The van der Waals surface area contributed by atoms with Crippen LogP contribution in [0, 0.1) is 0 Å². The lowest BCUT2D eigenvalue weighted by Gasteiger charge is -1.98. The molecule has 4 heteroatoms. The van der Waals surface area contributed by atoms with Crippen LogP contribution in [-0.4, -0.2) is 10.1 Å². The second kappa shape index (κ2) is 2.03. The van der Waals surface area contributed by atoms with Gasteiger partial charge in [-0.25, -0.2) is 4.98 Å². The molecule has 1 aromatic heterocycles. The van der Waals surface area contributed by atoms with Crippen LogP contribution in [0.2, 0.25) is 0 Å². The third-order valence-corrected chi connectivity index (χ3v) is 3.27. The molecule has 0 aromatic carbocycles. The molecular formula is C6H6BrNOS. The summed E-state index contributed by atoms with van der Waals surface area (Å²) in [5.41, 5.74) is -0.559. The minimum Gasteiger partial charge on any atom is -0.383 e. The van der Waals surface area contributed by atoms with Crippen molar-refractivity contribution in [3.8, 4) is 0 Å². The Morgan fingerprint density at radius 1 is 1.70 bits per heavy atom. The van der Waals surface area contributed by atoms with E-state index in [0.717, 1.165) is 21.6 Å². The fraction of sp³-hybridized carbons (Fsp3) is 0.500. The van der Waals surface area contributed by atoms with E-state index in [1.807, 2.05) is 0 Å². The molecule has 1 N–H and O–H groups in total. The summed E-state index contributed by atoms with van der Waals surface area (Å²) in [6.07, 6.45) is 3.47. The van der Waals surface area contributed by atoms with Gasteiger partial charge in [0.2, 0.25) is 0 Å². The number of hydrogen-bond acceptors (Lipinski definition) is 3. The number of thiazole rings is 1. The van der Waals surface area contributed by atoms with Crippen molar-refractivity contribution in [2.45, 2.75) is 18.4 Å². The first-order chi connectivity index (χ1) is 4.71. The Morgan fingerprint density at radius 3 is 2.80 bits per heavy atom. The molecule has 1 aromatic rings. The van der Waals surface area contributed by atoms with E-state index < -0.39 is 5.60 Å². The lowest BCUT2D eigenvalue weighted by molar-refractivity contribution is 0.151. The molecule has 1 aliphatic carbocycles. The van der Waals surface area contributed by atoms with E-state index in [-0.39, 0.29) is 0 Å². The molecule has 0 atom stereocenters. The second-order valence-corrected chi connectivity index (χ2v) is 4.91. The molecule has 0 bridgehead atoms. The largest absolute Gasteiger partial charge is 0.383 e. The van der Waals surface area contributed by atoms with E-state index in [4.69, 9.17) is 0 Å². The van der Waals surface area contributed by atoms with Crippen LogP contribution >= 0.6 is 27.3 Å². The highest BCUT2D eigenvalue weighted by Crippen LogP contribution is 2.47. The zero-order valence-corrected chi connectivity index (χ0v) is 7.57. The van der Waals surface area contributed by atoms with Gasteiger partial charge in [0.15, 0.2) is 0 Å². The number of aliphatic hydroxyl groups is 1. The van der Waals surface area contributed by atoms with E-state index in [0.29, 0.717) is 0 Å². The highest BCUT2D eigenvalue weighted by atomic mass is 79.9. The lowest BCUT2D eigenvalue weighted by Crippen LogP contribution is -2.01. The van der Waals surface area contributed by atoms with E-state index >= 15 is 0 Å². The summed E-state index contributed by atoms with van der Waals surface area (Å²) < 4.78 is 0.989. The number of hydrogen-bond donors (Lipinski definition) is 1. The summed E-state index contributed by atoms with van der Waals surface area (Å²) in [7, 11) is 0. The van der Waals surface area contributed by atoms with Crippen molar-refractivity contribution in [2.75, 3.05) is 0 Å². The van der Waals surface area contributed by atoms with Crippen molar-refractivity contribution < 1.29 is 5.11 Å². The Hall–Kier alpha value is 0.0700. The molecule has 0 spiro atoms. The summed E-state index contributed by atoms with van der Waals surface area (Å²) in [6.45, 7) is 0. The number of halogens is 1. The maximum atomic E-state index is 9.54. The van der Waals surface area contributed by atoms with Crippen molar-refractivity contribution in [2.24, 2.45) is 0 Å². The third kappa shape index (κ3) is 1.00. The minimum absolute atomic E-state index is 0.559. The van der Waals surface area contributed by atoms with Crippen molar-refractivity contribution >= 4 is 27.3 Å². The molecule has 0 aliphatic heterocycles. The molecule has 54 valence electrons. The summed E-state index contributed by atoms with van der Waals surface area (Å²) >= 11 is 4.81. The molecule has 0 radical (unpaired) electrons. The molecule has 1 saturated carbocycles. The van der Waals surface area contributed by atoms with Crippen LogP contribution in [-0.2, 0) is 5.60 Å². The number of nitrogens with zero attached hydrogens (tertiary/aromatic N) is 1. The van der Waals surface area contributed by atoms with E-state index in [1.54, 1.807) is 6.20 Å². The highest BCUT2D eigenvalue weighted by molar-refractivity contribution is 9.11. The molecular weight excluding hydrogens is 214 g/mol. The SMILES string of the molecule is OC1(c2ncc(Br)s2)CC1. The molecule has 0 amide bonds. The van der Waals surface area contributed by atoms with Crippen LogP contribution < -0.4 is 0 Å². The third-order valence-electron chi connectivity index (χ3n) is 1.60. The molecule has 1 aliphatic rings. The topological polar surface area (TPSA) is 33.1 Å². The van der Waals surface area contributed by atoms with E-state index in [9.17, 15) is 5.11 Å².